The van der Waals surface area contributed by atoms with Crippen LogP contribution < -0.4 is 5.73 Å². The van der Waals surface area contributed by atoms with Crippen molar-refractivity contribution in [2.24, 2.45) is 0 Å². The molecule has 6 heteroatoms. The zero-order chi connectivity index (χ0) is 15.5. The van der Waals surface area contributed by atoms with Crippen molar-refractivity contribution >= 4 is 11.6 Å². The smallest absolute Gasteiger partial charge is 0.254 e. The molecule has 0 spiro atoms. The summed E-state index contributed by atoms with van der Waals surface area (Å²) in [5, 5.41) is 4.18. The molecule has 2 heterocycles. The Bertz CT molecular complexity index is 654. The third-order valence-electron chi connectivity index (χ3n) is 3.87. The number of carbonyl (C=O) groups excluding carboxylic acids is 1. The molecular formula is C16H20N4O2. The summed E-state index contributed by atoms with van der Waals surface area (Å²) in [5.74, 6) is 0.0126. The van der Waals surface area contributed by atoms with E-state index in [4.69, 9.17) is 10.5 Å². The molecule has 1 unspecified atom stereocenters. The Morgan fingerprint density at radius 1 is 1.50 bits per heavy atom. The molecule has 0 saturated carbocycles. The van der Waals surface area contributed by atoms with Crippen LogP contribution in [0, 0.1) is 6.92 Å². The zero-order valence-corrected chi connectivity index (χ0v) is 12.6. The van der Waals surface area contributed by atoms with Crippen LogP contribution in [0.25, 0.3) is 0 Å². The number of aryl methyl sites for hydroxylation is 1. The fourth-order valence-corrected chi connectivity index (χ4v) is 2.67. The van der Waals surface area contributed by atoms with Crippen LogP contribution in [-0.2, 0) is 11.3 Å². The van der Waals surface area contributed by atoms with Crippen LogP contribution >= 0.6 is 0 Å². The number of nitrogens with zero attached hydrogens (tertiary/aromatic N) is 3. The maximum atomic E-state index is 12.7. The molecule has 1 aliphatic rings. The number of amides is 1. The summed E-state index contributed by atoms with van der Waals surface area (Å²) in [5.41, 5.74) is 8.02. The molecule has 0 aliphatic carbocycles. The molecule has 1 aromatic carbocycles. The molecule has 2 N–H and O–H groups in total. The number of nitrogen functional groups attached to an aromatic ring is 1. The third kappa shape index (κ3) is 3.12. The third-order valence-corrected chi connectivity index (χ3v) is 3.87. The second-order valence-corrected chi connectivity index (χ2v) is 5.55. The highest BCUT2D eigenvalue weighted by molar-refractivity contribution is 5.96. The number of hydrogen-bond acceptors (Lipinski definition) is 4. The first-order valence-corrected chi connectivity index (χ1v) is 7.38. The summed E-state index contributed by atoms with van der Waals surface area (Å²) in [6, 6.07) is 7.31. The quantitative estimate of drug-likeness (QED) is 0.868. The van der Waals surface area contributed by atoms with Crippen molar-refractivity contribution in [3.63, 3.8) is 0 Å². The highest BCUT2D eigenvalue weighted by Crippen LogP contribution is 2.17. The Hall–Kier alpha value is -2.34. The van der Waals surface area contributed by atoms with Gasteiger partial charge in [0, 0.05) is 36.7 Å². The molecule has 1 fully saturated rings. The molecule has 22 heavy (non-hydrogen) atoms. The van der Waals surface area contributed by atoms with Crippen LogP contribution in [0.2, 0.25) is 0 Å². The molecule has 0 radical (unpaired) electrons. The molecule has 0 bridgehead atoms. The lowest BCUT2D eigenvalue weighted by Crippen LogP contribution is -2.47. The van der Waals surface area contributed by atoms with Gasteiger partial charge in [-0.05, 0) is 30.7 Å². The van der Waals surface area contributed by atoms with Gasteiger partial charge in [0.15, 0.2) is 0 Å². The summed E-state index contributed by atoms with van der Waals surface area (Å²) in [4.78, 5) is 14.5. The predicted octanol–water partition coefficient (Wildman–Crippen LogP) is 1.31. The summed E-state index contributed by atoms with van der Waals surface area (Å²) < 4.78 is 7.57. The van der Waals surface area contributed by atoms with Gasteiger partial charge in [0.1, 0.15) is 0 Å². The van der Waals surface area contributed by atoms with Crippen molar-refractivity contribution < 1.29 is 9.53 Å². The van der Waals surface area contributed by atoms with Crippen molar-refractivity contribution in [3.05, 3.63) is 47.8 Å². The minimum atomic E-state index is -0.0426. The molecule has 3 rings (SSSR count). The minimum absolute atomic E-state index is 0.0126. The van der Waals surface area contributed by atoms with Gasteiger partial charge in [-0.15, -0.1) is 0 Å². The number of carbonyl (C=O) groups is 1. The Kier molecular flexibility index (Phi) is 4.11. The average Bonchev–Trinajstić information content (AvgIpc) is 3.02. The van der Waals surface area contributed by atoms with Gasteiger partial charge in [-0.3, -0.25) is 9.48 Å². The van der Waals surface area contributed by atoms with Gasteiger partial charge in [0.05, 0.1) is 19.3 Å². The first-order chi connectivity index (χ1) is 10.6. The van der Waals surface area contributed by atoms with E-state index in [1.165, 1.54) is 0 Å². The molecule has 1 aliphatic heterocycles. The van der Waals surface area contributed by atoms with E-state index in [2.05, 4.69) is 5.10 Å². The van der Waals surface area contributed by atoms with Crippen molar-refractivity contribution in [2.75, 3.05) is 25.4 Å². The van der Waals surface area contributed by atoms with Gasteiger partial charge in [-0.25, -0.2) is 0 Å². The van der Waals surface area contributed by atoms with E-state index in [1.54, 1.807) is 12.3 Å². The molecule has 116 valence electrons. The number of nitrogens with two attached hydrogens (primary N) is 1. The fraction of sp³-hybridized carbons (Fsp3) is 0.375. The lowest BCUT2D eigenvalue weighted by molar-refractivity contribution is -0.0300. The van der Waals surface area contributed by atoms with Gasteiger partial charge in [0.25, 0.3) is 5.91 Å². The number of hydrogen-bond donors (Lipinski definition) is 1. The van der Waals surface area contributed by atoms with E-state index in [1.807, 2.05) is 40.9 Å². The number of aromatic nitrogens is 2. The van der Waals surface area contributed by atoms with Crippen LogP contribution in [0.15, 0.2) is 36.7 Å². The number of rotatable bonds is 3. The summed E-state index contributed by atoms with van der Waals surface area (Å²) in [6.45, 7) is 4.27. The highest BCUT2D eigenvalue weighted by Gasteiger charge is 2.26. The average molecular weight is 300 g/mol. The Labute approximate surface area is 129 Å². The standard InChI is InChI=1S/C16H20N4O2/c1-12-3-4-13(17)9-15(12)16(21)19-7-8-22-14(10-19)11-20-6-2-5-18-20/h2-6,9,14H,7-8,10-11,17H2,1H3. The van der Waals surface area contributed by atoms with E-state index < -0.39 is 0 Å². The number of anilines is 1. The molecule has 1 atom stereocenters. The Morgan fingerprint density at radius 2 is 2.36 bits per heavy atom. The lowest BCUT2D eigenvalue weighted by atomic mass is 10.1. The van der Waals surface area contributed by atoms with Gasteiger partial charge in [-0.2, -0.15) is 5.10 Å². The molecule has 1 aromatic heterocycles. The Balaban J connectivity index is 1.71. The second-order valence-electron chi connectivity index (χ2n) is 5.55. The molecular weight excluding hydrogens is 280 g/mol. The Morgan fingerprint density at radius 3 is 3.14 bits per heavy atom. The number of benzene rings is 1. The van der Waals surface area contributed by atoms with E-state index in [0.29, 0.717) is 37.5 Å². The van der Waals surface area contributed by atoms with E-state index in [-0.39, 0.29) is 12.0 Å². The summed E-state index contributed by atoms with van der Waals surface area (Å²) in [6.07, 6.45) is 3.59. The van der Waals surface area contributed by atoms with Crippen LogP contribution in [0.4, 0.5) is 5.69 Å². The predicted molar refractivity (Wildman–Crippen MR) is 83.5 cm³/mol. The van der Waals surface area contributed by atoms with Crippen molar-refractivity contribution in [1.82, 2.24) is 14.7 Å². The number of morpholine rings is 1. The summed E-state index contributed by atoms with van der Waals surface area (Å²) in [7, 11) is 0. The van der Waals surface area contributed by atoms with Crippen LogP contribution in [0.1, 0.15) is 15.9 Å². The minimum Gasteiger partial charge on any atom is -0.399 e. The first-order valence-electron chi connectivity index (χ1n) is 7.38. The highest BCUT2D eigenvalue weighted by atomic mass is 16.5. The first kappa shape index (κ1) is 14.6. The molecule has 1 saturated heterocycles. The number of ether oxygens (including phenoxy) is 1. The summed E-state index contributed by atoms with van der Waals surface area (Å²) >= 11 is 0. The van der Waals surface area contributed by atoms with Gasteiger partial charge >= 0.3 is 0 Å². The van der Waals surface area contributed by atoms with E-state index in [0.717, 1.165) is 5.56 Å². The fourth-order valence-electron chi connectivity index (χ4n) is 2.67. The lowest BCUT2D eigenvalue weighted by Gasteiger charge is -2.33. The van der Waals surface area contributed by atoms with Crippen LogP contribution in [0.3, 0.4) is 0 Å². The van der Waals surface area contributed by atoms with Crippen LogP contribution in [-0.4, -0.2) is 46.4 Å². The zero-order valence-electron chi connectivity index (χ0n) is 12.6. The van der Waals surface area contributed by atoms with E-state index >= 15 is 0 Å². The monoisotopic (exact) mass is 300 g/mol. The van der Waals surface area contributed by atoms with Crippen molar-refractivity contribution in [3.8, 4) is 0 Å². The maximum absolute atomic E-state index is 12.7. The van der Waals surface area contributed by atoms with E-state index in [9.17, 15) is 4.79 Å². The SMILES string of the molecule is Cc1ccc(N)cc1C(=O)N1CCOC(Cn2cccn2)C1. The van der Waals surface area contributed by atoms with Gasteiger partial charge in [0.2, 0.25) is 0 Å². The maximum Gasteiger partial charge on any atom is 0.254 e. The largest absolute Gasteiger partial charge is 0.399 e. The van der Waals surface area contributed by atoms with Gasteiger partial charge < -0.3 is 15.4 Å². The molecule has 6 nitrogen and oxygen atoms in total. The molecule has 2 aromatic rings. The topological polar surface area (TPSA) is 73.4 Å². The second kappa shape index (κ2) is 6.19. The molecule has 1 amide bonds. The van der Waals surface area contributed by atoms with Crippen molar-refractivity contribution in [1.29, 1.82) is 0 Å². The van der Waals surface area contributed by atoms with Crippen molar-refractivity contribution in [2.45, 2.75) is 19.6 Å². The van der Waals surface area contributed by atoms with Crippen LogP contribution in [0.5, 0.6) is 0 Å². The van der Waals surface area contributed by atoms with Gasteiger partial charge in [-0.1, -0.05) is 6.07 Å². The normalized spacial score (nSPS) is 18.4.